The van der Waals surface area contributed by atoms with Crippen LogP contribution in [0.5, 0.6) is 0 Å². The van der Waals surface area contributed by atoms with Crippen LogP contribution in [0.25, 0.3) is 11.2 Å². The van der Waals surface area contributed by atoms with Crippen molar-refractivity contribution in [3.05, 3.63) is 48.5 Å². The van der Waals surface area contributed by atoms with Crippen molar-refractivity contribution in [3.8, 4) is 0 Å². The standard InChI is InChI=1S/C18H20N6O/c25-15(8-13-4-2-1-3-5-13)24-7-6-14(10-24)9-19-17-16-18(21-11-20-16)23-12-22-17/h1-5,11-12,14H,6-10H2,(H2,19,20,21,22,23). The van der Waals surface area contributed by atoms with Gasteiger partial charge in [0.1, 0.15) is 11.8 Å². The number of carbonyl (C=O) groups is 1. The van der Waals surface area contributed by atoms with E-state index >= 15 is 0 Å². The van der Waals surface area contributed by atoms with Gasteiger partial charge in [-0.1, -0.05) is 30.3 Å². The molecule has 1 aliphatic heterocycles. The Kier molecular flexibility index (Phi) is 4.28. The normalized spacial score (nSPS) is 17.1. The highest BCUT2D eigenvalue weighted by atomic mass is 16.2. The van der Waals surface area contributed by atoms with E-state index in [0.717, 1.165) is 43.0 Å². The zero-order valence-corrected chi connectivity index (χ0v) is 13.9. The molecule has 0 spiro atoms. The summed E-state index contributed by atoms with van der Waals surface area (Å²) in [6, 6.07) is 9.90. The van der Waals surface area contributed by atoms with Crippen LogP contribution in [-0.2, 0) is 11.2 Å². The van der Waals surface area contributed by atoms with Crippen molar-refractivity contribution in [1.82, 2.24) is 24.8 Å². The van der Waals surface area contributed by atoms with Gasteiger partial charge in [-0.25, -0.2) is 15.0 Å². The van der Waals surface area contributed by atoms with Crippen LogP contribution >= 0.6 is 0 Å². The zero-order valence-electron chi connectivity index (χ0n) is 13.9. The first-order chi connectivity index (χ1) is 12.3. The van der Waals surface area contributed by atoms with Crippen molar-refractivity contribution < 1.29 is 4.79 Å². The van der Waals surface area contributed by atoms with Crippen LogP contribution in [0.15, 0.2) is 43.0 Å². The van der Waals surface area contributed by atoms with Gasteiger partial charge >= 0.3 is 0 Å². The maximum absolute atomic E-state index is 12.4. The number of H-pyrrole nitrogens is 1. The van der Waals surface area contributed by atoms with Crippen LogP contribution in [0.3, 0.4) is 0 Å². The molecule has 1 fully saturated rings. The van der Waals surface area contributed by atoms with Gasteiger partial charge in [-0.3, -0.25) is 4.79 Å². The van der Waals surface area contributed by atoms with E-state index in [1.807, 2.05) is 35.2 Å². The largest absolute Gasteiger partial charge is 0.368 e. The van der Waals surface area contributed by atoms with Crippen LogP contribution in [0.2, 0.25) is 0 Å². The number of likely N-dealkylation sites (tertiary alicyclic amines) is 1. The number of amides is 1. The van der Waals surface area contributed by atoms with Gasteiger partial charge in [0.25, 0.3) is 0 Å². The lowest BCUT2D eigenvalue weighted by molar-refractivity contribution is -0.129. The monoisotopic (exact) mass is 336 g/mol. The van der Waals surface area contributed by atoms with E-state index in [9.17, 15) is 4.79 Å². The Morgan fingerprint density at radius 2 is 2.12 bits per heavy atom. The van der Waals surface area contributed by atoms with E-state index in [1.165, 1.54) is 6.33 Å². The highest BCUT2D eigenvalue weighted by molar-refractivity contribution is 5.82. The van der Waals surface area contributed by atoms with Gasteiger partial charge in [-0.05, 0) is 17.9 Å². The van der Waals surface area contributed by atoms with E-state index in [-0.39, 0.29) is 5.91 Å². The SMILES string of the molecule is O=C(Cc1ccccc1)N1CCC(CNc2ncnc3nc[nH]c23)C1. The molecule has 7 heteroatoms. The second kappa shape index (κ2) is 6.88. The number of benzene rings is 1. The predicted molar refractivity (Wildman–Crippen MR) is 95.0 cm³/mol. The van der Waals surface area contributed by atoms with Gasteiger partial charge in [-0.15, -0.1) is 0 Å². The molecule has 2 aromatic heterocycles. The number of imidazole rings is 1. The molecule has 0 aliphatic carbocycles. The first kappa shape index (κ1) is 15.6. The van der Waals surface area contributed by atoms with E-state index in [1.54, 1.807) is 6.33 Å². The summed E-state index contributed by atoms with van der Waals surface area (Å²) < 4.78 is 0. The number of anilines is 1. The minimum Gasteiger partial charge on any atom is -0.368 e. The molecule has 2 N–H and O–H groups in total. The van der Waals surface area contributed by atoms with E-state index < -0.39 is 0 Å². The summed E-state index contributed by atoms with van der Waals surface area (Å²) >= 11 is 0. The Bertz CT molecular complexity index is 862. The van der Waals surface area contributed by atoms with Gasteiger partial charge in [0.05, 0.1) is 12.7 Å². The predicted octanol–water partition coefficient (Wildman–Crippen LogP) is 1.86. The summed E-state index contributed by atoms with van der Waals surface area (Å²) in [7, 11) is 0. The number of hydrogen-bond acceptors (Lipinski definition) is 5. The second-order valence-electron chi connectivity index (χ2n) is 6.36. The first-order valence-electron chi connectivity index (χ1n) is 8.49. The fourth-order valence-corrected chi connectivity index (χ4v) is 3.25. The Hall–Kier alpha value is -2.96. The third-order valence-electron chi connectivity index (χ3n) is 4.62. The summed E-state index contributed by atoms with van der Waals surface area (Å²) in [4.78, 5) is 30.0. The number of carbonyl (C=O) groups excluding carboxylic acids is 1. The highest BCUT2D eigenvalue weighted by Gasteiger charge is 2.26. The molecule has 0 saturated carbocycles. The molecule has 0 radical (unpaired) electrons. The van der Waals surface area contributed by atoms with Crippen molar-refractivity contribution in [2.24, 2.45) is 5.92 Å². The molecule has 1 unspecified atom stereocenters. The molecule has 7 nitrogen and oxygen atoms in total. The number of fused-ring (bicyclic) bond motifs is 1. The minimum absolute atomic E-state index is 0.201. The van der Waals surface area contributed by atoms with Crippen LogP contribution in [0.4, 0.5) is 5.82 Å². The quantitative estimate of drug-likeness (QED) is 0.742. The van der Waals surface area contributed by atoms with Gasteiger partial charge in [0.15, 0.2) is 11.5 Å². The lowest BCUT2D eigenvalue weighted by atomic mass is 10.1. The van der Waals surface area contributed by atoms with E-state index in [4.69, 9.17) is 0 Å². The van der Waals surface area contributed by atoms with Crippen molar-refractivity contribution in [2.75, 3.05) is 25.0 Å². The Morgan fingerprint density at radius 1 is 1.24 bits per heavy atom. The highest BCUT2D eigenvalue weighted by Crippen LogP contribution is 2.20. The average Bonchev–Trinajstić information content (AvgIpc) is 3.30. The van der Waals surface area contributed by atoms with Gasteiger partial charge in [0.2, 0.25) is 5.91 Å². The summed E-state index contributed by atoms with van der Waals surface area (Å²) in [6.45, 7) is 2.39. The van der Waals surface area contributed by atoms with Crippen molar-refractivity contribution in [1.29, 1.82) is 0 Å². The van der Waals surface area contributed by atoms with Crippen LogP contribution in [0, 0.1) is 5.92 Å². The Labute approximate surface area is 145 Å². The molecule has 128 valence electrons. The molecule has 1 atom stereocenters. The third-order valence-corrected chi connectivity index (χ3v) is 4.62. The van der Waals surface area contributed by atoms with Crippen molar-refractivity contribution in [2.45, 2.75) is 12.8 Å². The maximum Gasteiger partial charge on any atom is 0.226 e. The second-order valence-corrected chi connectivity index (χ2v) is 6.36. The average molecular weight is 336 g/mol. The molecule has 0 bridgehead atoms. The molecular formula is C18H20N6O. The molecule has 25 heavy (non-hydrogen) atoms. The lowest BCUT2D eigenvalue weighted by Crippen LogP contribution is -2.31. The molecule has 3 aromatic rings. The van der Waals surface area contributed by atoms with Gasteiger partial charge < -0.3 is 15.2 Å². The molecular weight excluding hydrogens is 316 g/mol. The maximum atomic E-state index is 12.4. The van der Waals surface area contributed by atoms with Crippen molar-refractivity contribution in [3.63, 3.8) is 0 Å². The number of aromatic nitrogens is 4. The summed E-state index contributed by atoms with van der Waals surface area (Å²) in [6.07, 6.45) is 4.60. The Balaban J connectivity index is 1.32. The lowest BCUT2D eigenvalue weighted by Gasteiger charge is -2.17. The van der Waals surface area contributed by atoms with E-state index in [2.05, 4.69) is 25.3 Å². The van der Waals surface area contributed by atoms with Gasteiger partial charge in [-0.2, -0.15) is 0 Å². The number of hydrogen-bond donors (Lipinski definition) is 2. The minimum atomic E-state index is 0.201. The topological polar surface area (TPSA) is 86.8 Å². The number of nitrogens with zero attached hydrogens (tertiary/aromatic N) is 4. The molecule has 1 amide bonds. The molecule has 1 saturated heterocycles. The molecule has 1 aromatic carbocycles. The number of aromatic amines is 1. The van der Waals surface area contributed by atoms with Crippen molar-refractivity contribution >= 4 is 22.9 Å². The fraction of sp³-hybridized carbons (Fsp3) is 0.333. The molecule has 1 aliphatic rings. The molecule has 3 heterocycles. The summed E-state index contributed by atoms with van der Waals surface area (Å²) in [5, 5.41) is 3.36. The zero-order chi connectivity index (χ0) is 17.1. The first-order valence-corrected chi connectivity index (χ1v) is 8.49. The van der Waals surface area contributed by atoms with Crippen LogP contribution in [0.1, 0.15) is 12.0 Å². The third kappa shape index (κ3) is 3.45. The number of rotatable bonds is 5. The van der Waals surface area contributed by atoms with Crippen LogP contribution in [-0.4, -0.2) is 50.4 Å². The molecule has 4 rings (SSSR count). The summed E-state index contributed by atoms with van der Waals surface area (Å²) in [5.74, 6) is 1.39. The number of nitrogens with one attached hydrogen (secondary N) is 2. The fourth-order valence-electron chi connectivity index (χ4n) is 3.25. The van der Waals surface area contributed by atoms with Gasteiger partial charge in [0, 0.05) is 19.6 Å². The van der Waals surface area contributed by atoms with Crippen LogP contribution < -0.4 is 5.32 Å². The Morgan fingerprint density at radius 3 is 3.00 bits per heavy atom. The van der Waals surface area contributed by atoms with E-state index in [0.29, 0.717) is 18.0 Å². The smallest absolute Gasteiger partial charge is 0.226 e. The summed E-state index contributed by atoms with van der Waals surface area (Å²) in [5.41, 5.74) is 2.54.